The van der Waals surface area contributed by atoms with Gasteiger partial charge in [0.15, 0.2) is 11.3 Å². The molecular weight excluding hydrogens is 358 g/mol. The molecule has 1 heterocycles. The molecule has 0 aliphatic heterocycles. The Morgan fingerprint density at radius 3 is 2.39 bits per heavy atom. The molecular formula is C22H23NO5. The number of carbonyl (C=O) groups is 1. The highest BCUT2D eigenvalue weighted by Crippen LogP contribution is 2.36. The number of hydrogen-bond acceptors (Lipinski definition) is 5. The molecule has 28 heavy (non-hydrogen) atoms. The molecule has 3 aromatic rings. The van der Waals surface area contributed by atoms with Crippen LogP contribution in [0.4, 0.5) is 5.69 Å². The highest BCUT2D eigenvalue weighted by molar-refractivity contribution is 5.94. The topological polar surface area (TPSA) is 77.8 Å². The monoisotopic (exact) mass is 381 g/mol. The van der Waals surface area contributed by atoms with Gasteiger partial charge < -0.3 is 19.2 Å². The summed E-state index contributed by atoms with van der Waals surface area (Å²) < 4.78 is 16.1. The molecule has 2 aromatic carbocycles. The Hall–Kier alpha value is -3.28. The molecule has 0 unspecified atom stereocenters. The van der Waals surface area contributed by atoms with Gasteiger partial charge in [-0.3, -0.25) is 4.79 Å². The molecule has 0 atom stereocenters. The Kier molecular flexibility index (Phi) is 5.68. The summed E-state index contributed by atoms with van der Waals surface area (Å²) in [6.07, 6.45) is 0.855. The summed E-state index contributed by atoms with van der Waals surface area (Å²) in [6, 6.07) is 11.2. The number of anilines is 1. The first kappa shape index (κ1) is 19.5. The molecule has 0 saturated carbocycles. The van der Waals surface area contributed by atoms with Crippen LogP contribution >= 0.6 is 0 Å². The second-order valence-electron chi connectivity index (χ2n) is 6.45. The first-order chi connectivity index (χ1) is 13.5. The van der Waals surface area contributed by atoms with Gasteiger partial charge in [0, 0.05) is 11.1 Å². The number of carbonyl (C=O) groups excluding carboxylic acids is 1. The number of ether oxygens (including phenoxy) is 2. The second kappa shape index (κ2) is 8.17. The van der Waals surface area contributed by atoms with Crippen LogP contribution in [-0.2, 0) is 17.6 Å². The quantitative estimate of drug-likeness (QED) is 0.656. The van der Waals surface area contributed by atoms with E-state index in [4.69, 9.17) is 13.9 Å². The van der Waals surface area contributed by atoms with E-state index in [-0.39, 0.29) is 12.3 Å². The molecule has 146 valence electrons. The van der Waals surface area contributed by atoms with Gasteiger partial charge in [0.1, 0.15) is 0 Å². The van der Waals surface area contributed by atoms with Crippen LogP contribution in [-0.4, -0.2) is 20.1 Å². The number of amides is 1. The molecule has 3 rings (SSSR count). The van der Waals surface area contributed by atoms with E-state index < -0.39 is 5.63 Å². The fourth-order valence-corrected chi connectivity index (χ4v) is 3.16. The normalized spacial score (nSPS) is 10.7. The van der Waals surface area contributed by atoms with Crippen molar-refractivity contribution < 1.29 is 18.7 Å². The van der Waals surface area contributed by atoms with E-state index in [2.05, 4.69) is 12.2 Å². The Bertz CT molecular complexity index is 1070. The fraction of sp³-hybridized carbons (Fsp3) is 0.273. The van der Waals surface area contributed by atoms with E-state index in [0.29, 0.717) is 39.3 Å². The lowest BCUT2D eigenvalue weighted by molar-refractivity contribution is -0.115. The number of hydrogen-bond donors (Lipinski definition) is 1. The zero-order valence-corrected chi connectivity index (χ0v) is 16.4. The highest BCUT2D eigenvalue weighted by atomic mass is 16.5. The molecule has 0 fully saturated rings. The first-order valence-corrected chi connectivity index (χ1v) is 9.04. The summed E-state index contributed by atoms with van der Waals surface area (Å²) in [5.41, 5.74) is 2.63. The molecule has 1 N–H and O–H groups in total. The van der Waals surface area contributed by atoms with Crippen molar-refractivity contribution >= 4 is 22.6 Å². The summed E-state index contributed by atoms with van der Waals surface area (Å²) >= 11 is 0. The Morgan fingerprint density at radius 1 is 1.07 bits per heavy atom. The molecule has 0 saturated heterocycles. The van der Waals surface area contributed by atoms with Crippen LogP contribution in [0.5, 0.6) is 11.5 Å². The molecule has 1 aromatic heterocycles. The average molecular weight is 381 g/mol. The summed E-state index contributed by atoms with van der Waals surface area (Å²) in [4.78, 5) is 25.0. The number of benzene rings is 2. The van der Waals surface area contributed by atoms with Crippen molar-refractivity contribution in [2.24, 2.45) is 0 Å². The minimum absolute atomic E-state index is 0.0754. The van der Waals surface area contributed by atoms with Gasteiger partial charge in [-0.15, -0.1) is 0 Å². The molecule has 0 aliphatic rings. The zero-order valence-electron chi connectivity index (χ0n) is 16.4. The SMILES string of the molecule is CCc1ccc(NC(=O)Cc2c(C)c3ccc(OC)c(OC)c3oc2=O)cc1. The maximum atomic E-state index is 12.6. The van der Waals surface area contributed by atoms with Crippen LogP contribution in [0.3, 0.4) is 0 Å². The fourth-order valence-electron chi connectivity index (χ4n) is 3.16. The van der Waals surface area contributed by atoms with E-state index in [1.807, 2.05) is 24.3 Å². The van der Waals surface area contributed by atoms with E-state index in [1.54, 1.807) is 19.1 Å². The van der Waals surface area contributed by atoms with Gasteiger partial charge >= 0.3 is 5.63 Å². The van der Waals surface area contributed by atoms with Crippen LogP contribution in [0.15, 0.2) is 45.6 Å². The molecule has 0 bridgehead atoms. The van der Waals surface area contributed by atoms with Crippen LogP contribution in [0.2, 0.25) is 0 Å². The maximum Gasteiger partial charge on any atom is 0.340 e. The van der Waals surface area contributed by atoms with Gasteiger partial charge in [-0.25, -0.2) is 4.79 Å². The Morgan fingerprint density at radius 2 is 1.79 bits per heavy atom. The lowest BCUT2D eigenvalue weighted by atomic mass is 10.0. The second-order valence-corrected chi connectivity index (χ2v) is 6.45. The number of aryl methyl sites for hydroxylation is 2. The number of nitrogens with one attached hydrogen (secondary N) is 1. The summed E-state index contributed by atoms with van der Waals surface area (Å²) in [5.74, 6) is 0.547. The predicted molar refractivity (Wildman–Crippen MR) is 108 cm³/mol. The Labute approximate surface area is 163 Å². The van der Waals surface area contributed by atoms with Crippen LogP contribution in [0, 0.1) is 6.92 Å². The Balaban J connectivity index is 1.92. The molecule has 6 nitrogen and oxygen atoms in total. The summed E-state index contributed by atoms with van der Waals surface area (Å²) in [5, 5.41) is 3.52. The maximum absolute atomic E-state index is 12.6. The minimum atomic E-state index is -0.562. The zero-order chi connectivity index (χ0) is 20.3. The van der Waals surface area contributed by atoms with Crippen LogP contribution in [0.1, 0.15) is 23.6 Å². The van der Waals surface area contributed by atoms with Gasteiger partial charge in [-0.1, -0.05) is 19.1 Å². The molecule has 0 aliphatic carbocycles. The van der Waals surface area contributed by atoms with Gasteiger partial charge in [0.2, 0.25) is 11.7 Å². The number of methoxy groups -OCH3 is 2. The predicted octanol–water partition coefficient (Wildman–Crippen LogP) is 3.86. The van der Waals surface area contributed by atoms with Gasteiger partial charge in [-0.05, 0) is 48.7 Å². The summed E-state index contributed by atoms with van der Waals surface area (Å²) in [7, 11) is 3.00. The van der Waals surface area contributed by atoms with Crippen molar-refractivity contribution in [1.29, 1.82) is 0 Å². The van der Waals surface area contributed by atoms with Gasteiger partial charge in [0.05, 0.1) is 26.2 Å². The molecule has 0 radical (unpaired) electrons. The smallest absolute Gasteiger partial charge is 0.340 e. The number of rotatable bonds is 6. The van der Waals surface area contributed by atoms with Gasteiger partial charge in [-0.2, -0.15) is 0 Å². The molecule has 6 heteroatoms. The summed E-state index contributed by atoms with van der Waals surface area (Å²) in [6.45, 7) is 3.86. The molecule has 1 amide bonds. The van der Waals surface area contributed by atoms with Crippen molar-refractivity contribution in [2.75, 3.05) is 19.5 Å². The van der Waals surface area contributed by atoms with E-state index in [1.165, 1.54) is 19.8 Å². The third-order valence-corrected chi connectivity index (χ3v) is 4.78. The van der Waals surface area contributed by atoms with E-state index in [0.717, 1.165) is 6.42 Å². The van der Waals surface area contributed by atoms with Crippen molar-refractivity contribution in [1.82, 2.24) is 0 Å². The standard InChI is InChI=1S/C22H23NO5/c1-5-14-6-8-15(9-7-14)23-19(24)12-17-13(2)16-10-11-18(26-3)21(27-4)20(16)28-22(17)25/h6-11H,5,12H2,1-4H3,(H,23,24). The molecule has 0 spiro atoms. The first-order valence-electron chi connectivity index (χ1n) is 9.04. The largest absolute Gasteiger partial charge is 0.493 e. The van der Waals surface area contributed by atoms with E-state index >= 15 is 0 Å². The third kappa shape index (κ3) is 3.71. The highest BCUT2D eigenvalue weighted by Gasteiger charge is 2.19. The lowest BCUT2D eigenvalue weighted by Crippen LogP contribution is -2.20. The number of fused-ring (bicyclic) bond motifs is 1. The van der Waals surface area contributed by atoms with Crippen molar-refractivity contribution in [3.05, 3.63) is 63.5 Å². The van der Waals surface area contributed by atoms with Crippen LogP contribution in [0.25, 0.3) is 11.0 Å². The van der Waals surface area contributed by atoms with Crippen molar-refractivity contribution in [3.63, 3.8) is 0 Å². The lowest BCUT2D eigenvalue weighted by Gasteiger charge is -2.13. The van der Waals surface area contributed by atoms with Crippen LogP contribution < -0.4 is 20.4 Å². The van der Waals surface area contributed by atoms with Crippen molar-refractivity contribution in [3.8, 4) is 11.5 Å². The average Bonchev–Trinajstić information content (AvgIpc) is 2.70. The third-order valence-electron chi connectivity index (χ3n) is 4.78. The minimum Gasteiger partial charge on any atom is -0.493 e. The van der Waals surface area contributed by atoms with Crippen molar-refractivity contribution in [2.45, 2.75) is 26.7 Å². The van der Waals surface area contributed by atoms with E-state index in [9.17, 15) is 9.59 Å². The van der Waals surface area contributed by atoms with Gasteiger partial charge in [0.25, 0.3) is 0 Å².